The molecule has 0 saturated heterocycles. The fourth-order valence-corrected chi connectivity index (χ4v) is 0.535. The molecule has 0 aromatic heterocycles. The normalized spacial score (nSPS) is 11.7. The first-order chi connectivity index (χ1) is 5.20. The summed E-state index contributed by atoms with van der Waals surface area (Å²) < 4.78 is 9.70. The quantitative estimate of drug-likeness (QED) is 0.339. The molecule has 0 rings (SSSR count). The van der Waals surface area contributed by atoms with Crippen molar-refractivity contribution in [2.75, 3.05) is 13.2 Å². The zero-order chi connectivity index (χ0) is 8.69. The molecule has 0 aromatic carbocycles. The number of ether oxygens (including phenoxy) is 2. The van der Waals surface area contributed by atoms with Gasteiger partial charge >= 0.3 is 5.97 Å². The Bertz CT molecular complexity index is 157. The van der Waals surface area contributed by atoms with E-state index in [1.165, 1.54) is 0 Å². The lowest BCUT2D eigenvalue weighted by Gasteiger charge is -2.09. The first kappa shape index (κ1) is 9.99. The van der Waals surface area contributed by atoms with Crippen molar-refractivity contribution in [3.63, 3.8) is 0 Å². The van der Waals surface area contributed by atoms with Crippen molar-refractivity contribution in [3.05, 3.63) is 0 Å². The number of esters is 1. The van der Waals surface area contributed by atoms with Gasteiger partial charge < -0.3 is 9.47 Å². The zero-order valence-corrected chi connectivity index (χ0v) is 6.79. The van der Waals surface area contributed by atoms with E-state index in [9.17, 15) is 4.79 Å². The summed E-state index contributed by atoms with van der Waals surface area (Å²) in [4.78, 5) is 10.5. The van der Waals surface area contributed by atoms with Crippen LogP contribution in [-0.2, 0) is 14.3 Å². The second kappa shape index (κ2) is 5.75. The van der Waals surface area contributed by atoms with E-state index in [4.69, 9.17) is 15.9 Å². The van der Waals surface area contributed by atoms with Crippen LogP contribution in [0, 0.1) is 12.3 Å². The van der Waals surface area contributed by atoms with E-state index in [1.54, 1.807) is 6.92 Å². The highest BCUT2D eigenvalue weighted by atomic mass is 16.6. The number of hydrogen-bond acceptors (Lipinski definition) is 3. The Morgan fingerprint density at radius 2 is 2.36 bits per heavy atom. The van der Waals surface area contributed by atoms with Crippen molar-refractivity contribution in [3.8, 4) is 12.3 Å². The Morgan fingerprint density at radius 3 is 2.82 bits per heavy atom. The van der Waals surface area contributed by atoms with Crippen molar-refractivity contribution in [1.82, 2.24) is 0 Å². The van der Waals surface area contributed by atoms with Gasteiger partial charge in [-0.2, -0.15) is 0 Å². The predicted molar refractivity (Wildman–Crippen MR) is 40.9 cm³/mol. The maximum Gasteiger partial charge on any atom is 0.384 e. The van der Waals surface area contributed by atoms with Crippen LogP contribution in [0.2, 0.25) is 0 Å². The van der Waals surface area contributed by atoms with Crippen molar-refractivity contribution in [1.29, 1.82) is 0 Å². The number of rotatable bonds is 4. The molecule has 0 amide bonds. The standard InChI is InChI=1S/C8H12O3/c1-4-8(9)11-7(3)6-10-5-2/h1,7H,5-6H2,2-3H3. The molecule has 0 aliphatic carbocycles. The summed E-state index contributed by atoms with van der Waals surface area (Å²) in [6.45, 7) is 4.60. The predicted octanol–water partition coefficient (Wildman–Crippen LogP) is 0.588. The molecule has 1 unspecified atom stereocenters. The first-order valence-corrected chi connectivity index (χ1v) is 3.45. The third-order valence-electron chi connectivity index (χ3n) is 0.983. The Labute approximate surface area is 66.7 Å². The van der Waals surface area contributed by atoms with Gasteiger partial charge in [-0.15, -0.1) is 6.42 Å². The van der Waals surface area contributed by atoms with Crippen LogP contribution in [0.15, 0.2) is 0 Å². The molecule has 11 heavy (non-hydrogen) atoms. The van der Waals surface area contributed by atoms with Crippen molar-refractivity contribution >= 4 is 5.97 Å². The highest BCUT2D eigenvalue weighted by Crippen LogP contribution is 1.91. The molecule has 0 fully saturated rings. The number of terminal acetylenes is 1. The van der Waals surface area contributed by atoms with Crippen LogP contribution in [0.3, 0.4) is 0 Å². The number of hydrogen-bond donors (Lipinski definition) is 0. The fraction of sp³-hybridized carbons (Fsp3) is 0.625. The third-order valence-corrected chi connectivity index (χ3v) is 0.983. The van der Waals surface area contributed by atoms with Gasteiger partial charge in [0, 0.05) is 12.5 Å². The molecule has 3 heteroatoms. The van der Waals surface area contributed by atoms with Crippen LogP contribution in [0.4, 0.5) is 0 Å². The largest absolute Gasteiger partial charge is 0.451 e. The van der Waals surface area contributed by atoms with Crippen molar-refractivity contribution in [2.45, 2.75) is 20.0 Å². The molecule has 0 N–H and O–H groups in total. The molecule has 0 saturated carbocycles. The summed E-state index contributed by atoms with van der Waals surface area (Å²) in [6.07, 6.45) is 4.52. The summed E-state index contributed by atoms with van der Waals surface area (Å²) in [7, 11) is 0. The Balaban J connectivity index is 3.45. The second-order valence-corrected chi connectivity index (χ2v) is 2.02. The molecular weight excluding hydrogens is 144 g/mol. The molecule has 0 aliphatic rings. The molecular formula is C8H12O3. The number of carbonyl (C=O) groups excluding carboxylic acids is 1. The van der Waals surface area contributed by atoms with Gasteiger partial charge in [-0.25, -0.2) is 4.79 Å². The fourth-order valence-electron chi connectivity index (χ4n) is 0.535. The summed E-state index contributed by atoms with van der Waals surface area (Å²) in [6, 6.07) is 0. The van der Waals surface area contributed by atoms with Gasteiger partial charge in [-0.3, -0.25) is 0 Å². The Hall–Kier alpha value is -1.01. The molecule has 0 radical (unpaired) electrons. The Morgan fingerprint density at radius 1 is 1.73 bits per heavy atom. The molecule has 0 aliphatic heterocycles. The van der Waals surface area contributed by atoms with Crippen LogP contribution in [-0.4, -0.2) is 25.3 Å². The van der Waals surface area contributed by atoms with E-state index >= 15 is 0 Å². The highest BCUT2D eigenvalue weighted by molar-refractivity contribution is 5.87. The van der Waals surface area contributed by atoms with E-state index in [-0.39, 0.29) is 6.10 Å². The van der Waals surface area contributed by atoms with E-state index in [0.717, 1.165) is 0 Å². The molecule has 0 aromatic rings. The van der Waals surface area contributed by atoms with Gasteiger partial charge in [0.2, 0.25) is 0 Å². The van der Waals surface area contributed by atoms with Crippen LogP contribution in [0.5, 0.6) is 0 Å². The molecule has 62 valence electrons. The van der Waals surface area contributed by atoms with Crippen LogP contribution < -0.4 is 0 Å². The average Bonchev–Trinajstić information content (AvgIpc) is 2.00. The maximum atomic E-state index is 10.5. The summed E-state index contributed by atoms with van der Waals surface area (Å²) in [5, 5.41) is 0. The average molecular weight is 156 g/mol. The van der Waals surface area contributed by atoms with Gasteiger partial charge in [0.05, 0.1) is 6.61 Å². The molecule has 0 heterocycles. The molecule has 0 spiro atoms. The van der Waals surface area contributed by atoms with Gasteiger partial charge in [-0.1, -0.05) is 0 Å². The minimum atomic E-state index is -0.641. The minimum Gasteiger partial charge on any atom is -0.451 e. The lowest BCUT2D eigenvalue weighted by atomic mass is 10.4. The van der Waals surface area contributed by atoms with E-state index in [2.05, 4.69) is 0 Å². The lowest BCUT2D eigenvalue weighted by Crippen LogP contribution is -2.19. The topological polar surface area (TPSA) is 35.5 Å². The van der Waals surface area contributed by atoms with Crippen LogP contribution in [0.25, 0.3) is 0 Å². The highest BCUT2D eigenvalue weighted by Gasteiger charge is 2.05. The first-order valence-electron chi connectivity index (χ1n) is 3.45. The van der Waals surface area contributed by atoms with E-state index < -0.39 is 5.97 Å². The maximum absolute atomic E-state index is 10.5. The lowest BCUT2D eigenvalue weighted by molar-refractivity contribution is -0.143. The van der Waals surface area contributed by atoms with Crippen LogP contribution in [0.1, 0.15) is 13.8 Å². The van der Waals surface area contributed by atoms with Gasteiger partial charge in [0.15, 0.2) is 0 Å². The van der Waals surface area contributed by atoms with Gasteiger partial charge in [-0.05, 0) is 13.8 Å². The summed E-state index contributed by atoms with van der Waals surface area (Å²) >= 11 is 0. The minimum absolute atomic E-state index is 0.265. The monoisotopic (exact) mass is 156 g/mol. The molecule has 1 atom stereocenters. The van der Waals surface area contributed by atoms with E-state index in [0.29, 0.717) is 13.2 Å². The van der Waals surface area contributed by atoms with Gasteiger partial charge in [0.1, 0.15) is 6.10 Å². The van der Waals surface area contributed by atoms with Crippen LogP contribution >= 0.6 is 0 Å². The van der Waals surface area contributed by atoms with Crippen molar-refractivity contribution in [2.24, 2.45) is 0 Å². The zero-order valence-electron chi connectivity index (χ0n) is 6.79. The number of carbonyl (C=O) groups is 1. The molecule has 3 nitrogen and oxygen atoms in total. The third kappa shape index (κ3) is 5.43. The molecule has 0 bridgehead atoms. The summed E-state index contributed by atoms with van der Waals surface area (Å²) in [5.74, 6) is 1.21. The van der Waals surface area contributed by atoms with Gasteiger partial charge in [0.25, 0.3) is 0 Å². The smallest absolute Gasteiger partial charge is 0.384 e. The van der Waals surface area contributed by atoms with E-state index in [1.807, 2.05) is 12.8 Å². The summed E-state index contributed by atoms with van der Waals surface area (Å²) in [5.41, 5.74) is 0. The second-order valence-electron chi connectivity index (χ2n) is 2.02. The SMILES string of the molecule is C#CC(=O)OC(C)COCC. The van der Waals surface area contributed by atoms with Crippen molar-refractivity contribution < 1.29 is 14.3 Å². The Kier molecular flexibility index (Phi) is 5.22.